The van der Waals surface area contributed by atoms with Crippen molar-refractivity contribution in [3.63, 3.8) is 0 Å². The van der Waals surface area contributed by atoms with Crippen molar-refractivity contribution >= 4 is 11.9 Å². The van der Waals surface area contributed by atoms with Gasteiger partial charge in [-0.15, -0.1) is 0 Å². The summed E-state index contributed by atoms with van der Waals surface area (Å²) in [6.45, 7) is 6.50. The fourth-order valence-corrected chi connectivity index (χ4v) is 3.70. The smallest absolute Gasteiger partial charge is 0.335 e. The zero-order valence-electron chi connectivity index (χ0n) is 15.1. The first-order chi connectivity index (χ1) is 12.5. The molecule has 1 aliphatic rings. The normalized spacial score (nSPS) is 20.8. The van der Waals surface area contributed by atoms with Gasteiger partial charge < -0.3 is 10.0 Å². The van der Waals surface area contributed by atoms with Crippen molar-refractivity contribution in [2.75, 3.05) is 13.1 Å². The van der Waals surface area contributed by atoms with Gasteiger partial charge in [0, 0.05) is 37.3 Å². The molecular weight excluding hydrogens is 328 g/mol. The molecule has 0 saturated carbocycles. The zero-order valence-corrected chi connectivity index (χ0v) is 15.1. The molecule has 136 valence electrons. The number of nitrogens with zero attached hydrogens (tertiary/aromatic N) is 2. The first-order valence-corrected chi connectivity index (χ1v) is 8.88. The molecule has 0 bridgehead atoms. The van der Waals surface area contributed by atoms with Crippen LogP contribution in [0.5, 0.6) is 0 Å². The van der Waals surface area contributed by atoms with Crippen LogP contribution in [0.4, 0.5) is 0 Å². The van der Waals surface area contributed by atoms with Crippen LogP contribution in [0.25, 0.3) is 0 Å². The fourth-order valence-electron chi connectivity index (χ4n) is 3.70. The molecule has 2 aromatic rings. The highest BCUT2D eigenvalue weighted by Gasteiger charge is 2.33. The van der Waals surface area contributed by atoms with Crippen LogP contribution in [0.2, 0.25) is 0 Å². The van der Waals surface area contributed by atoms with E-state index in [9.17, 15) is 9.59 Å². The number of aromatic carboxylic acids is 1. The van der Waals surface area contributed by atoms with E-state index >= 15 is 0 Å². The van der Waals surface area contributed by atoms with E-state index < -0.39 is 5.97 Å². The second-order valence-corrected chi connectivity index (χ2v) is 6.97. The number of rotatable bonds is 4. The number of amides is 1. The fraction of sp³-hybridized carbons (Fsp3) is 0.333. The molecule has 5 nitrogen and oxygen atoms in total. The van der Waals surface area contributed by atoms with Crippen molar-refractivity contribution in [1.82, 2.24) is 9.80 Å². The standard InChI is InChI=1S/C21H24N2O3/c1-15-12-22(14-17-8-10-19(11-9-17)21(25)26)13-16(2)23(15)20(24)18-6-4-3-5-7-18/h3-11,15-16H,12-14H2,1-2H3,(H,25,26)/t15-,16+. The lowest BCUT2D eigenvalue weighted by atomic mass is 10.0. The van der Waals surface area contributed by atoms with Gasteiger partial charge in [0.15, 0.2) is 0 Å². The lowest BCUT2D eigenvalue weighted by molar-refractivity contribution is 0.0268. The van der Waals surface area contributed by atoms with Crippen molar-refractivity contribution in [2.24, 2.45) is 0 Å². The molecule has 0 spiro atoms. The van der Waals surface area contributed by atoms with E-state index in [4.69, 9.17) is 5.11 Å². The van der Waals surface area contributed by atoms with E-state index in [2.05, 4.69) is 18.7 Å². The lowest BCUT2D eigenvalue weighted by Crippen LogP contribution is -2.58. The molecular formula is C21H24N2O3. The van der Waals surface area contributed by atoms with Gasteiger partial charge in [0.1, 0.15) is 0 Å². The minimum Gasteiger partial charge on any atom is -0.478 e. The molecule has 2 aromatic carbocycles. The highest BCUT2D eigenvalue weighted by molar-refractivity contribution is 5.94. The highest BCUT2D eigenvalue weighted by Crippen LogP contribution is 2.21. The molecule has 0 radical (unpaired) electrons. The summed E-state index contributed by atoms with van der Waals surface area (Å²) in [5.74, 6) is -0.831. The van der Waals surface area contributed by atoms with Crippen LogP contribution in [0.1, 0.15) is 40.1 Å². The second kappa shape index (κ2) is 7.70. The van der Waals surface area contributed by atoms with Crippen molar-refractivity contribution in [3.05, 3.63) is 71.3 Å². The summed E-state index contributed by atoms with van der Waals surface area (Å²) in [5.41, 5.74) is 2.11. The Balaban J connectivity index is 1.66. The second-order valence-electron chi connectivity index (χ2n) is 6.97. The molecule has 2 atom stereocenters. The third kappa shape index (κ3) is 3.94. The monoisotopic (exact) mass is 352 g/mol. The Hall–Kier alpha value is -2.66. The SMILES string of the molecule is C[C@@H]1CN(Cc2ccc(C(=O)O)cc2)C[C@H](C)N1C(=O)c1ccccc1. The van der Waals surface area contributed by atoms with Crippen LogP contribution in [0.3, 0.4) is 0 Å². The van der Waals surface area contributed by atoms with Gasteiger partial charge in [-0.1, -0.05) is 30.3 Å². The minimum atomic E-state index is -0.910. The number of hydrogen-bond donors (Lipinski definition) is 1. The summed E-state index contributed by atoms with van der Waals surface area (Å²) in [7, 11) is 0. The average Bonchev–Trinajstić information content (AvgIpc) is 2.62. The predicted octanol–water partition coefficient (Wildman–Crippen LogP) is 3.12. The maximum Gasteiger partial charge on any atom is 0.335 e. The van der Waals surface area contributed by atoms with Crippen LogP contribution in [-0.4, -0.2) is 52.0 Å². The van der Waals surface area contributed by atoms with E-state index in [0.717, 1.165) is 30.8 Å². The Kier molecular flexibility index (Phi) is 5.38. The summed E-state index contributed by atoms with van der Waals surface area (Å²) in [6, 6.07) is 16.6. The van der Waals surface area contributed by atoms with Crippen LogP contribution in [0.15, 0.2) is 54.6 Å². The largest absolute Gasteiger partial charge is 0.478 e. The van der Waals surface area contributed by atoms with Crippen LogP contribution < -0.4 is 0 Å². The summed E-state index contributed by atoms with van der Waals surface area (Å²) in [5, 5.41) is 8.99. The van der Waals surface area contributed by atoms with Gasteiger partial charge in [-0.2, -0.15) is 0 Å². The first kappa shape index (κ1) is 18.1. The van der Waals surface area contributed by atoms with E-state index in [-0.39, 0.29) is 18.0 Å². The third-order valence-corrected chi connectivity index (χ3v) is 4.86. The number of piperazine rings is 1. The molecule has 0 aromatic heterocycles. The van der Waals surface area contributed by atoms with E-state index in [0.29, 0.717) is 5.56 Å². The average molecular weight is 352 g/mol. The first-order valence-electron chi connectivity index (χ1n) is 8.88. The molecule has 1 N–H and O–H groups in total. The van der Waals surface area contributed by atoms with Crippen molar-refractivity contribution in [1.29, 1.82) is 0 Å². The van der Waals surface area contributed by atoms with Gasteiger partial charge in [-0.25, -0.2) is 4.79 Å². The van der Waals surface area contributed by atoms with E-state index in [1.54, 1.807) is 12.1 Å². The lowest BCUT2D eigenvalue weighted by Gasteiger charge is -2.44. The molecule has 26 heavy (non-hydrogen) atoms. The topological polar surface area (TPSA) is 60.9 Å². The van der Waals surface area contributed by atoms with Crippen LogP contribution in [-0.2, 0) is 6.54 Å². The van der Waals surface area contributed by atoms with Gasteiger partial charge in [-0.05, 0) is 43.7 Å². The van der Waals surface area contributed by atoms with Gasteiger partial charge in [0.25, 0.3) is 5.91 Å². The Morgan fingerprint density at radius 1 is 0.923 bits per heavy atom. The van der Waals surface area contributed by atoms with Crippen molar-refractivity contribution in [3.8, 4) is 0 Å². The molecule has 0 aliphatic carbocycles. The number of benzene rings is 2. The summed E-state index contributed by atoms with van der Waals surface area (Å²) >= 11 is 0. The molecule has 1 amide bonds. The Morgan fingerprint density at radius 3 is 2.04 bits per heavy atom. The number of carbonyl (C=O) groups is 2. The predicted molar refractivity (Wildman–Crippen MR) is 100 cm³/mol. The van der Waals surface area contributed by atoms with Gasteiger partial charge in [0.05, 0.1) is 5.56 Å². The molecule has 0 unspecified atom stereocenters. The summed E-state index contributed by atoms with van der Waals surface area (Å²) in [4.78, 5) is 28.1. The quantitative estimate of drug-likeness (QED) is 0.918. The summed E-state index contributed by atoms with van der Waals surface area (Å²) in [6.07, 6.45) is 0. The minimum absolute atomic E-state index is 0.0797. The molecule has 1 aliphatic heterocycles. The van der Waals surface area contributed by atoms with Crippen LogP contribution >= 0.6 is 0 Å². The molecule has 1 saturated heterocycles. The zero-order chi connectivity index (χ0) is 18.7. The maximum absolute atomic E-state index is 12.8. The van der Waals surface area contributed by atoms with Crippen LogP contribution in [0, 0.1) is 0 Å². The Morgan fingerprint density at radius 2 is 1.50 bits per heavy atom. The van der Waals surface area contributed by atoms with Gasteiger partial charge in [-0.3, -0.25) is 9.69 Å². The Labute approximate surface area is 153 Å². The van der Waals surface area contributed by atoms with Crippen molar-refractivity contribution in [2.45, 2.75) is 32.5 Å². The number of hydrogen-bond acceptors (Lipinski definition) is 3. The van der Waals surface area contributed by atoms with Crippen molar-refractivity contribution < 1.29 is 14.7 Å². The van der Waals surface area contributed by atoms with E-state index in [1.165, 1.54) is 0 Å². The molecule has 3 rings (SSSR count). The maximum atomic E-state index is 12.8. The van der Waals surface area contributed by atoms with Gasteiger partial charge >= 0.3 is 5.97 Å². The number of carboxylic acid groups (broad SMARTS) is 1. The third-order valence-electron chi connectivity index (χ3n) is 4.86. The highest BCUT2D eigenvalue weighted by atomic mass is 16.4. The summed E-state index contributed by atoms with van der Waals surface area (Å²) < 4.78 is 0. The van der Waals surface area contributed by atoms with Gasteiger partial charge in [0.2, 0.25) is 0 Å². The molecule has 1 fully saturated rings. The van der Waals surface area contributed by atoms with E-state index in [1.807, 2.05) is 47.4 Å². The number of carboxylic acids is 1. The molecule has 1 heterocycles. The number of carbonyl (C=O) groups excluding carboxylic acids is 1. The molecule has 5 heteroatoms. The Bertz CT molecular complexity index is 762.